The molecule has 4 nitrogen and oxygen atoms in total. The first-order valence-electron chi connectivity index (χ1n) is 5.30. The van der Waals surface area contributed by atoms with Gasteiger partial charge in [0.25, 0.3) is 5.69 Å². The van der Waals surface area contributed by atoms with Gasteiger partial charge in [-0.1, -0.05) is 15.9 Å². The van der Waals surface area contributed by atoms with E-state index in [2.05, 4.69) is 20.8 Å². The van der Waals surface area contributed by atoms with Crippen molar-refractivity contribution in [2.24, 2.45) is 0 Å². The fourth-order valence-corrected chi connectivity index (χ4v) is 2.30. The standard InChI is InChI=1S/C11H13BrN2O2/c12-9-5-7-13(8-6-9)10-1-3-11(4-2-10)14(15)16/h1-4,9H,5-8H2. The summed E-state index contributed by atoms with van der Waals surface area (Å²) in [6.45, 7) is 2.02. The third-order valence-electron chi connectivity index (χ3n) is 2.85. The largest absolute Gasteiger partial charge is 0.371 e. The molecule has 16 heavy (non-hydrogen) atoms. The maximum Gasteiger partial charge on any atom is 0.269 e. The van der Waals surface area contributed by atoms with Gasteiger partial charge in [0.1, 0.15) is 0 Å². The lowest BCUT2D eigenvalue weighted by Crippen LogP contribution is -2.33. The molecule has 86 valence electrons. The van der Waals surface area contributed by atoms with Gasteiger partial charge < -0.3 is 4.90 Å². The Hall–Kier alpha value is -1.10. The van der Waals surface area contributed by atoms with Crippen LogP contribution in [-0.2, 0) is 0 Å². The van der Waals surface area contributed by atoms with Gasteiger partial charge in [-0.25, -0.2) is 0 Å². The highest BCUT2D eigenvalue weighted by atomic mass is 79.9. The second kappa shape index (κ2) is 4.82. The Morgan fingerprint density at radius 1 is 1.25 bits per heavy atom. The quantitative estimate of drug-likeness (QED) is 0.477. The van der Waals surface area contributed by atoms with Crippen molar-refractivity contribution in [2.45, 2.75) is 17.7 Å². The third kappa shape index (κ3) is 2.52. The summed E-state index contributed by atoms with van der Waals surface area (Å²) in [5.41, 5.74) is 1.23. The zero-order valence-corrected chi connectivity index (χ0v) is 10.4. The van der Waals surface area contributed by atoms with E-state index in [9.17, 15) is 10.1 Å². The summed E-state index contributed by atoms with van der Waals surface area (Å²) < 4.78 is 0. The minimum atomic E-state index is -0.367. The first kappa shape index (κ1) is 11.4. The molecule has 0 unspecified atom stereocenters. The normalized spacial score (nSPS) is 17.4. The van der Waals surface area contributed by atoms with Crippen molar-refractivity contribution in [1.82, 2.24) is 0 Å². The minimum Gasteiger partial charge on any atom is -0.371 e. The van der Waals surface area contributed by atoms with Crippen LogP contribution in [-0.4, -0.2) is 22.8 Å². The number of nitrogens with zero attached hydrogens (tertiary/aromatic N) is 2. The highest BCUT2D eigenvalue weighted by molar-refractivity contribution is 9.09. The van der Waals surface area contributed by atoms with E-state index in [4.69, 9.17) is 0 Å². The molecule has 0 aromatic heterocycles. The molecule has 0 N–H and O–H groups in total. The Morgan fingerprint density at radius 2 is 1.81 bits per heavy atom. The Balaban J connectivity index is 2.07. The molecule has 0 aliphatic carbocycles. The van der Waals surface area contributed by atoms with E-state index in [0.29, 0.717) is 4.83 Å². The van der Waals surface area contributed by atoms with Gasteiger partial charge in [-0.05, 0) is 25.0 Å². The zero-order valence-electron chi connectivity index (χ0n) is 8.80. The summed E-state index contributed by atoms with van der Waals surface area (Å²) in [6, 6.07) is 6.78. The summed E-state index contributed by atoms with van der Waals surface area (Å²) in [4.78, 5) is 13.0. The van der Waals surface area contributed by atoms with Gasteiger partial charge in [-0.15, -0.1) is 0 Å². The van der Waals surface area contributed by atoms with E-state index in [1.807, 2.05) is 12.1 Å². The summed E-state index contributed by atoms with van der Waals surface area (Å²) in [7, 11) is 0. The van der Waals surface area contributed by atoms with Gasteiger partial charge in [0.05, 0.1) is 4.92 Å². The molecular weight excluding hydrogens is 272 g/mol. The lowest BCUT2D eigenvalue weighted by molar-refractivity contribution is -0.384. The zero-order chi connectivity index (χ0) is 11.5. The molecule has 1 aromatic carbocycles. The number of nitro benzene ring substituents is 1. The Morgan fingerprint density at radius 3 is 2.31 bits per heavy atom. The molecule has 0 atom stereocenters. The predicted octanol–water partition coefficient (Wildman–Crippen LogP) is 2.96. The molecule has 0 amide bonds. The molecule has 1 heterocycles. The molecule has 1 fully saturated rings. The molecular formula is C11H13BrN2O2. The third-order valence-corrected chi connectivity index (χ3v) is 3.77. The Bertz CT molecular complexity index is 372. The maximum absolute atomic E-state index is 10.5. The van der Waals surface area contributed by atoms with Crippen molar-refractivity contribution in [3.63, 3.8) is 0 Å². The smallest absolute Gasteiger partial charge is 0.269 e. The van der Waals surface area contributed by atoms with Gasteiger partial charge in [0.2, 0.25) is 0 Å². The number of nitro groups is 1. The first-order valence-corrected chi connectivity index (χ1v) is 6.22. The van der Waals surface area contributed by atoms with E-state index in [0.717, 1.165) is 31.6 Å². The van der Waals surface area contributed by atoms with Crippen LogP contribution in [0.25, 0.3) is 0 Å². The van der Waals surface area contributed by atoms with Crippen LogP contribution in [0.15, 0.2) is 24.3 Å². The number of hydrogen-bond acceptors (Lipinski definition) is 3. The van der Waals surface area contributed by atoms with Crippen LogP contribution in [0.5, 0.6) is 0 Å². The van der Waals surface area contributed by atoms with Crippen molar-refractivity contribution < 1.29 is 4.92 Å². The first-order chi connectivity index (χ1) is 7.66. The Labute approximate surface area is 103 Å². The number of halogens is 1. The van der Waals surface area contributed by atoms with Crippen molar-refractivity contribution in [3.8, 4) is 0 Å². The predicted molar refractivity (Wildman–Crippen MR) is 67.3 cm³/mol. The van der Waals surface area contributed by atoms with Gasteiger partial charge >= 0.3 is 0 Å². The summed E-state index contributed by atoms with van der Waals surface area (Å²) in [6.07, 6.45) is 2.24. The van der Waals surface area contributed by atoms with Crippen LogP contribution in [0.4, 0.5) is 11.4 Å². The molecule has 1 aromatic rings. The van der Waals surface area contributed by atoms with Gasteiger partial charge in [0.15, 0.2) is 0 Å². The van der Waals surface area contributed by atoms with Gasteiger partial charge in [0, 0.05) is 35.7 Å². The van der Waals surface area contributed by atoms with E-state index in [-0.39, 0.29) is 10.6 Å². The number of hydrogen-bond donors (Lipinski definition) is 0. The van der Waals surface area contributed by atoms with Crippen molar-refractivity contribution in [3.05, 3.63) is 34.4 Å². The molecule has 1 aliphatic heterocycles. The van der Waals surface area contributed by atoms with E-state index < -0.39 is 0 Å². The SMILES string of the molecule is O=[N+]([O-])c1ccc(N2CCC(Br)CC2)cc1. The maximum atomic E-state index is 10.5. The van der Waals surface area contributed by atoms with Gasteiger partial charge in [-0.3, -0.25) is 10.1 Å². The number of rotatable bonds is 2. The second-order valence-corrected chi connectivity index (χ2v) is 5.23. The van der Waals surface area contributed by atoms with E-state index >= 15 is 0 Å². The van der Waals surface area contributed by atoms with Gasteiger partial charge in [-0.2, -0.15) is 0 Å². The van der Waals surface area contributed by atoms with Crippen LogP contribution in [0.3, 0.4) is 0 Å². The molecule has 0 radical (unpaired) electrons. The number of anilines is 1. The van der Waals surface area contributed by atoms with E-state index in [1.165, 1.54) is 0 Å². The van der Waals surface area contributed by atoms with E-state index in [1.54, 1.807) is 12.1 Å². The van der Waals surface area contributed by atoms with Crippen molar-refractivity contribution in [2.75, 3.05) is 18.0 Å². The van der Waals surface area contributed by atoms with Crippen LogP contribution >= 0.6 is 15.9 Å². The molecule has 0 spiro atoms. The molecule has 1 saturated heterocycles. The van der Waals surface area contributed by atoms with Crippen molar-refractivity contribution >= 4 is 27.3 Å². The molecule has 5 heteroatoms. The number of piperidine rings is 1. The fraction of sp³-hybridized carbons (Fsp3) is 0.455. The summed E-state index contributed by atoms with van der Waals surface area (Å²) >= 11 is 3.60. The number of non-ortho nitro benzene ring substituents is 1. The molecule has 1 aliphatic rings. The summed E-state index contributed by atoms with van der Waals surface area (Å²) in [5.74, 6) is 0. The second-order valence-electron chi connectivity index (χ2n) is 3.94. The summed E-state index contributed by atoms with van der Waals surface area (Å²) in [5, 5.41) is 10.5. The lowest BCUT2D eigenvalue weighted by Gasteiger charge is -2.31. The lowest BCUT2D eigenvalue weighted by atomic mass is 10.1. The Kier molecular flexibility index (Phi) is 3.43. The highest BCUT2D eigenvalue weighted by Gasteiger charge is 2.17. The number of alkyl halides is 1. The van der Waals surface area contributed by atoms with Crippen LogP contribution in [0.2, 0.25) is 0 Å². The average Bonchev–Trinajstić information content (AvgIpc) is 2.30. The number of benzene rings is 1. The highest BCUT2D eigenvalue weighted by Crippen LogP contribution is 2.24. The van der Waals surface area contributed by atoms with Crippen LogP contribution in [0.1, 0.15) is 12.8 Å². The topological polar surface area (TPSA) is 46.4 Å². The molecule has 2 rings (SSSR count). The monoisotopic (exact) mass is 284 g/mol. The van der Waals surface area contributed by atoms with Crippen LogP contribution < -0.4 is 4.90 Å². The minimum absolute atomic E-state index is 0.152. The fourth-order valence-electron chi connectivity index (χ4n) is 1.89. The van der Waals surface area contributed by atoms with Crippen molar-refractivity contribution in [1.29, 1.82) is 0 Å². The average molecular weight is 285 g/mol. The van der Waals surface area contributed by atoms with Crippen LogP contribution in [0, 0.1) is 10.1 Å². The molecule has 0 saturated carbocycles. The molecule has 0 bridgehead atoms.